The van der Waals surface area contributed by atoms with Crippen molar-refractivity contribution in [1.82, 2.24) is 19.2 Å². The fourth-order valence-electron chi connectivity index (χ4n) is 3.48. The maximum Gasteiger partial charge on any atom is 0.348 e. The predicted octanol–water partition coefficient (Wildman–Crippen LogP) is 4.72. The van der Waals surface area contributed by atoms with Gasteiger partial charge in [0.05, 0.1) is 22.1 Å². The van der Waals surface area contributed by atoms with Gasteiger partial charge in [-0.05, 0) is 43.7 Å². The van der Waals surface area contributed by atoms with Crippen molar-refractivity contribution in [3.63, 3.8) is 0 Å². The quantitative estimate of drug-likeness (QED) is 0.359. The fourth-order valence-corrected chi connectivity index (χ4v) is 4.76. The van der Waals surface area contributed by atoms with Crippen LogP contribution in [0.2, 0.25) is 5.02 Å². The zero-order valence-electron chi connectivity index (χ0n) is 17.2. The highest BCUT2D eigenvalue weighted by atomic mass is 35.5. The molecule has 4 heterocycles. The molecule has 0 radical (unpaired) electrons. The van der Waals surface area contributed by atoms with Gasteiger partial charge >= 0.3 is 5.97 Å². The van der Waals surface area contributed by atoms with E-state index in [-0.39, 0.29) is 12.2 Å². The van der Waals surface area contributed by atoms with Gasteiger partial charge in [-0.15, -0.1) is 11.3 Å². The first kappa shape index (κ1) is 20.4. The summed E-state index contributed by atoms with van der Waals surface area (Å²) in [5.74, 6) is -0.484. The van der Waals surface area contributed by atoms with E-state index >= 15 is 0 Å². The van der Waals surface area contributed by atoms with Crippen molar-refractivity contribution in [3.05, 3.63) is 91.9 Å². The van der Waals surface area contributed by atoms with Gasteiger partial charge in [-0.3, -0.25) is 9.20 Å². The summed E-state index contributed by atoms with van der Waals surface area (Å²) in [4.78, 5) is 30.7. The number of esters is 1. The average molecular weight is 465 g/mol. The molecule has 0 saturated heterocycles. The Balaban J connectivity index is 1.42. The lowest BCUT2D eigenvalue weighted by Gasteiger charge is -2.06. The molecule has 0 aliphatic rings. The number of benzene rings is 1. The zero-order chi connectivity index (χ0) is 22.4. The van der Waals surface area contributed by atoms with Crippen LogP contribution in [0.15, 0.2) is 59.5 Å². The van der Waals surface area contributed by atoms with Crippen molar-refractivity contribution in [3.8, 4) is 5.69 Å². The normalized spacial score (nSPS) is 11.3. The van der Waals surface area contributed by atoms with Gasteiger partial charge in [-0.1, -0.05) is 29.8 Å². The van der Waals surface area contributed by atoms with Crippen LogP contribution in [0.1, 0.15) is 26.6 Å². The number of aromatic nitrogens is 4. The summed E-state index contributed by atoms with van der Waals surface area (Å²) in [5, 5.41) is 5.99. The van der Waals surface area contributed by atoms with Crippen LogP contribution in [0.5, 0.6) is 0 Å². The molecule has 0 atom stereocenters. The van der Waals surface area contributed by atoms with Gasteiger partial charge in [-0.2, -0.15) is 5.10 Å². The van der Waals surface area contributed by atoms with Crippen molar-refractivity contribution in [1.29, 1.82) is 0 Å². The van der Waals surface area contributed by atoms with Gasteiger partial charge < -0.3 is 4.74 Å². The van der Waals surface area contributed by atoms with Crippen molar-refractivity contribution >= 4 is 44.8 Å². The Morgan fingerprint density at radius 1 is 1.16 bits per heavy atom. The van der Waals surface area contributed by atoms with Crippen LogP contribution in [0.25, 0.3) is 21.6 Å². The molecule has 0 N–H and O–H groups in total. The third kappa shape index (κ3) is 3.57. The molecule has 0 saturated carbocycles. The topological polar surface area (TPSA) is 78.5 Å². The molecule has 9 heteroatoms. The minimum atomic E-state index is -0.484. The Kier molecular flexibility index (Phi) is 5.03. The number of pyridine rings is 1. The number of hydrogen-bond acceptors (Lipinski definition) is 6. The summed E-state index contributed by atoms with van der Waals surface area (Å²) in [6, 6.07) is 14.2. The summed E-state index contributed by atoms with van der Waals surface area (Å²) in [7, 11) is 0. The van der Waals surface area contributed by atoms with Crippen molar-refractivity contribution in [2.75, 3.05) is 0 Å². The Hall–Kier alpha value is -3.49. The van der Waals surface area contributed by atoms with E-state index in [2.05, 4.69) is 10.1 Å². The highest BCUT2D eigenvalue weighted by molar-refractivity contribution is 7.20. The van der Waals surface area contributed by atoms with Gasteiger partial charge in [0.25, 0.3) is 5.56 Å². The first-order valence-corrected chi connectivity index (χ1v) is 11.0. The largest absolute Gasteiger partial charge is 0.455 e. The smallest absolute Gasteiger partial charge is 0.348 e. The minimum Gasteiger partial charge on any atom is -0.455 e. The van der Waals surface area contributed by atoms with Crippen LogP contribution in [-0.4, -0.2) is 25.1 Å². The van der Waals surface area contributed by atoms with Crippen molar-refractivity contribution < 1.29 is 9.53 Å². The molecule has 0 fully saturated rings. The summed E-state index contributed by atoms with van der Waals surface area (Å²) >= 11 is 7.62. The molecule has 0 bridgehead atoms. The summed E-state index contributed by atoms with van der Waals surface area (Å²) in [6.45, 7) is 3.69. The molecule has 32 heavy (non-hydrogen) atoms. The molecule has 0 unspecified atom stereocenters. The molecule has 7 nitrogen and oxygen atoms in total. The Bertz CT molecular complexity index is 1570. The first-order valence-electron chi connectivity index (χ1n) is 9.81. The minimum absolute atomic E-state index is 0.0949. The van der Waals surface area contributed by atoms with Crippen LogP contribution in [0.4, 0.5) is 0 Å². The number of aryl methyl sites for hydroxylation is 2. The number of fused-ring (bicyclic) bond motifs is 2. The predicted molar refractivity (Wildman–Crippen MR) is 124 cm³/mol. The van der Waals surface area contributed by atoms with Crippen LogP contribution in [-0.2, 0) is 11.3 Å². The lowest BCUT2D eigenvalue weighted by molar-refractivity contribution is 0.0473. The Labute approximate surface area is 191 Å². The molecule has 4 aromatic heterocycles. The van der Waals surface area contributed by atoms with Crippen LogP contribution >= 0.6 is 22.9 Å². The van der Waals surface area contributed by atoms with Gasteiger partial charge in [-0.25, -0.2) is 14.5 Å². The second-order valence-electron chi connectivity index (χ2n) is 7.37. The molecule has 0 amide bonds. The number of nitrogens with zero attached hydrogens (tertiary/aromatic N) is 4. The highest BCUT2D eigenvalue weighted by Gasteiger charge is 2.19. The maximum atomic E-state index is 12.7. The number of thiophene rings is 1. The van der Waals surface area contributed by atoms with E-state index in [0.717, 1.165) is 27.2 Å². The molecule has 5 aromatic rings. The lowest BCUT2D eigenvalue weighted by Crippen LogP contribution is -2.16. The number of para-hydroxylation sites is 1. The molecular formula is C23H17ClN4O3S. The number of rotatable bonds is 4. The number of halogens is 1. The molecule has 160 valence electrons. The van der Waals surface area contributed by atoms with Crippen molar-refractivity contribution in [2.24, 2.45) is 0 Å². The van der Waals surface area contributed by atoms with E-state index in [1.165, 1.54) is 21.8 Å². The third-order valence-electron chi connectivity index (χ3n) is 5.04. The second kappa shape index (κ2) is 7.89. The van der Waals surface area contributed by atoms with Gasteiger partial charge in [0.1, 0.15) is 22.0 Å². The Morgan fingerprint density at radius 2 is 1.97 bits per heavy atom. The van der Waals surface area contributed by atoms with Crippen LogP contribution in [0, 0.1) is 13.8 Å². The van der Waals surface area contributed by atoms with E-state index in [0.29, 0.717) is 21.2 Å². The first-order chi connectivity index (χ1) is 15.4. The van der Waals surface area contributed by atoms with Crippen LogP contribution in [0.3, 0.4) is 0 Å². The summed E-state index contributed by atoms with van der Waals surface area (Å²) in [5.41, 5.74) is 3.16. The fraction of sp³-hybridized carbons (Fsp3) is 0.130. The van der Waals surface area contributed by atoms with Crippen LogP contribution < -0.4 is 5.56 Å². The van der Waals surface area contributed by atoms with Crippen molar-refractivity contribution in [2.45, 2.75) is 20.5 Å². The molecule has 5 rings (SSSR count). The Morgan fingerprint density at radius 3 is 2.78 bits per heavy atom. The van der Waals surface area contributed by atoms with E-state index < -0.39 is 5.97 Å². The van der Waals surface area contributed by atoms with E-state index in [4.69, 9.17) is 16.3 Å². The van der Waals surface area contributed by atoms with Gasteiger partial charge in [0.2, 0.25) is 0 Å². The van der Waals surface area contributed by atoms with E-state index in [1.807, 2.05) is 38.1 Å². The molecule has 0 aliphatic carbocycles. The standard InChI is InChI=1S/C23H17ClN4O3S/c1-13-7-8-20-25-15(9-21(29)27(20)11-13)12-31-23(30)19-10-16-14(2)26-28(22(16)32-19)18-6-4-3-5-17(18)24/h3-11H,12H2,1-2H3. The highest BCUT2D eigenvalue weighted by Crippen LogP contribution is 2.32. The number of hydrogen-bond donors (Lipinski definition) is 0. The molecule has 0 aliphatic heterocycles. The van der Waals surface area contributed by atoms with E-state index in [1.54, 1.807) is 29.1 Å². The molecule has 1 aromatic carbocycles. The maximum absolute atomic E-state index is 12.7. The third-order valence-corrected chi connectivity index (χ3v) is 6.45. The zero-order valence-corrected chi connectivity index (χ0v) is 18.8. The lowest BCUT2D eigenvalue weighted by atomic mass is 10.3. The molecular weight excluding hydrogens is 448 g/mol. The molecule has 0 spiro atoms. The van der Waals surface area contributed by atoms with E-state index in [9.17, 15) is 9.59 Å². The van der Waals surface area contributed by atoms with Gasteiger partial charge in [0.15, 0.2) is 0 Å². The second-order valence-corrected chi connectivity index (χ2v) is 8.81. The number of carbonyl (C=O) groups excluding carboxylic acids is 1. The SMILES string of the molecule is Cc1ccc2nc(COC(=O)c3cc4c(C)nn(-c5ccccc5Cl)c4s3)cc(=O)n2c1. The average Bonchev–Trinajstić information content (AvgIpc) is 3.34. The summed E-state index contributed by atoms with van der Waals surface area (Å²) in [6.07, 6.45) is 1.72. The number of ether oxygens (including phenoxy) is 1. The summed E-state index contributed by atoms with van der Waals surface area (Å²) < 4.78 is 8.66. The van der Waals surface area contributed by atoms with Gasteiger partial charge in [0, 0.05) is 17.6 Å². The number of carbonyl (C=O) groups is 1. The monoisotopic (exact) mass is 464 g/mol.